The van der Waals surface area contributed by atoms with Crippen molar-refractivity contribution in [2.24, 2.45) is 5.73 Å². The Morgan fingerprint density at radius 1 is 1.26 bits per heavy atom. The second-order valence-corrected chi connectivity index (χ2v) is 5.84. The van der Waals surface area contributed by atoms with Gasteiger partial charge in [0.1, 0.15) is 10.8 Å². The molecule has 3 rings (SSSR count). The van der Waals surface area contributed by atoms with E-state index >= 15 is 0 Å². The number of hydrogen-bond donors (Lipinski definition) is 1. The van der Waals surface area contributed by atoms with E-state index < -0.39 is 0 Å². The summed E-state index contributed by atoms with van der Waals surface area (Å²) >= 11 is 4.95. The third kappa shape index (κ3) is 2.72. The van der Waals surface area contributed by atoms with Crippen LogP contribution in [-0.4, -0.2) is 47.1 Å². The molecule has 2 saturated heterocycles. The summed E-state index contributed by atoms with van der Waals surface area (Å²) < 4.78 is 0. The van der Waals surface area contributed by atoms with Gasteiger partial charge in [-0.25, -0.2) is 4.98 Å². The lowest BCUT2D eigenvalue weighted by Gasteiger charge is -2.24. The van der Waals surface area contributed by atoms with Crippen molar-refractivity contribution in [3.8, 4) is 0 Å². The maximum atomic E-state index is 5.59. The predicted molar refractivity (Wildman–Crippen MR) is 81.5 cm³/mol. The third-order valence-electron chi connectivity index (χ3n) is 4.18. The molecule has 2 fully saturated rings. The maximum absolute atomic E-state index is 5.59. The molecule has 2 aliphatic heterocycles. The van der Waals surface area contributed by atoms with Gasteiger partial charge in [-0.2, -0.15) is 0 Å². The first-order valence-corrected chi connectivity index (χ1v) is 7.40. The van der Waals surface area contributed by atoms with Crippen molar-refractivity contribution >= 4 is 23.0 Å². The Kier molecular flexibility index (Phi) is 3.66. The molecule has 1 aromatic heterocycles. The molecule has 0 radical (unpaired) electrons. The number of nitrogens with zero attached hydrogens (tertiary/aromatic N) is 3. The molecule has 0 aromatic carbocycles. The number of hydrogen-bond acceptors (Lipinski definition) is 4. The van der Waals surface area contributed by atoms with Crippen LogP contribution >= 0.6 is 12.2 Å². The number of nitrogens with two attached hydrogens (primary N) is 1. The van der Waals surface area contributed by atoms with Crippen LogP contribution in [0.2, 0.25) is 0 Å². The van der Waals surface area contributed by atoms with Crippen LogP contribution in [0.4, 0.5) is 5.82 Å². The van der Waals surface area contributed by atoms with Crippen LogP contribution in [0, 0.1) is 0 Å². The molecule has 3 heterocycles. The largest absolute Gasteiger partial charge is 0.389 e. The Bertz CT molecular complexity index is 453. The fraction of sp³-hybridized carbons (Fsp3) is 0.571. The highest BCUT2D eigenvalue weighted by Crippen LogP contribution is 2.24. The highest BCUT2D eigenvalue weighted by atomic mass is 32.1. The molecule has 0 saturated carbocycles. The molecule has 1 atom stereocenters. The summed E-state index contributed by atoms with van der Waals surface area (Å²) in [6, 6.07) is 4.70. The zero-order valence-corrected chi connectivity index (χ0v) is 11.9. The van der Waals surface area contributed by atoms with E-state index in [1.54, 1.807) is 6.20 Å². The van der Waals surface area contributed by atoms with Gasteiger partial charge in [-0.3, -0.25) is 4.90 Å². The number of anilines is 1. The highest BCUT2D eigenvalue weighted by molar-refractivity contribution is 7.80. The van der Waals surface area contributed by atoms with Crippen molar-refractivity contribution in [2.75, 3.05) is 31.1 Å². The van der Waals surface area contributed by atoms with Gasteiger partial charge in [-0.1, -0.05) is 12.2 Å². The highest BCUT2D eigenvalue weighted by Gasteiger charge is 2.29. The van der Waals surface area contributed by atoms with Crippen molar-refractivity contribution < 1.29 is 0 Å². The molecule has 2 aliphatic rings. The van der Waals surface area contributed by atoms with Crippen LogP contribution in [0.25, 0.3) is 0 Å². The number of aromatic nitrogens is 1. The summed E-state index contributed by atoms with van der Waals surface area (Å²) in [4.78, 5) is 9.89. The van der Waals surface area contributed by atoms with Gasteiger partial charge in [0, 0.05) is 30.9 Å². The molecule has 1 unspecified atom stereocenters. The normalized spacial score (nSPS) is 24.0. The average Bonchev–Trinajstić information content (AvgIpc) is 3.10. The van der Waals surface area contributed by atoms with Gasteiger partial charge < -0.3 is 10.6 Å². The molecule has 1 aromatic rings. The molecule has 0 amide bonds. The Hall–Kier alpha value is -1.20. The minimum atomic E-state index is 0.412. The van der Waals surface area contributed by atoms with Gasteiger partial charge in [0.25, 0.3) is 0 Å². The van der Waals surface area contributed by atoms with Crippen molar-refractivity contribution in [1.82, 2.24) is 9.88 Å². The van der Waals surface area contributed by atoms with E-state index in [1.807, 2.05) is 12.1 Å². The Morgan fingerprint density at radius 3 is 2.68 bits per heavy atom. The topological polar surface area (TPSA) is 45.4 Å². The first-order chi connectivity index (χ1) is 9.24. The zero-order valence-electron chi connectivity index (χ0n) is 11.1. The molecule has 0 aliphatic carbocycles. The van der Waals surface area contributed by atoms with Crippen LogP contribution in [0.1, 0.15) is 24.8 Å². The molecule has 4 nitrogen and oxygen atoms in total. The van der Waals surface area contributed by atoms with Crippen molar-refractivity contribution in [3.05, 3.63) is 23.9 Å². The van der Waals surface area contributed by atoms with E-state index in [1.165, 1.54) is 32.4 Å². The summed E-state index contributed by atoms with van der Waals surface area (Å²) in [7, 11) is 0. The monoisotopic (exact) mass is 276 g/mol. The summed E-state index contributed by atoms with van der Waals surface area (Å²) in [6.07, 6.45) is 5.74. The predicted octanol–water partition coefficient (Wildman–Crippen LogP) is 1.39. The van der Waals surface area contributed by atoms with Gasteiger partial charge in [-0.05, 0) is 44.5 Å². The molecule has 2 N–H and O–H groups in total. The molecule has 0 spiro atoms. The second kappa shape index (κ2) is 5.43. The van der Waals surface area contributed by atoms with Gasteiger partial charge in [0.05, 0.1) is 0 Å². The average molecular weight is 276 g/mol. The van der Waals surface area contributed by atoms with Crippen LogP contribution in [0.15, 0.2) is 18.3 Å². The number of pyridine rings is 1. The minimum Gasteiger partial charge on any atom is -0.389 e. The summed E-state index contributed by atoms with van der Waals surface area (Å²) in [6.45, 7) is 4.73. The molecular formula is C14H20N4S. The lowest BCUT2D eigenvalue weighted by molar-refractivity contribution is 0.260. The van der Waals surface area contributed by atoms with E-state index in [0.29, 0.717) is 11.0 Å². The second-order valence-electron chi connectivity index (χ2n) is 5.40. The maximum Gasteiger partial charge on any atom is 0.128 e. The lowest BCUT2D eigenvalue weighted by atomic mass is 10.2. The fourth-order valence-electron chi connectivity index (χ4n) is 3.07. The first kappa shape index (κ1) is 12.8. The fourth-order valence-corrected chi connectivity index (χ4v) is 3.19. The Morgan fingerprint density at radius 2 is 2.05 bits per heavy atom. The Balaban J connectivity index is 1.65. The van der Waals surface area contributed by atoms with Gasteiger partial charge >= 0.3 is 0 Å². The number of thiocarbonyl (C=S) groups is 1. The molecular weight excluding hydrogens is 256 g/mol. The summed E-state index contributed by atoms with van der Waals surface area (Å²) in [5.74, 6) is 1.04. The van der Waals surface area contributed by atoms with E-state index in [-0.39, 0.29) is 0 Å². The SMILES string of the molecule is NC(=S)c1ccc(N2CCC(N3CCCC3)C2)nc1. The lowest BCUT2D eigenvalue weighted by Crippen LogP contribution is -2.35. The van der Waals surface area contributed by atoms with Gasteiger partial charge in [0.15, 0.2) is 0 Å². The summed E-state index contributed by atoms with van der Waals surface area (Å²) in [5, 5.41) is 0. The van der Waals surface area contributed by atoms with Crippen molar-refractivity contribution in [1.29, 1.82) is 0 Å². The van der Waals surface area contributed by atoms with Gasteiger partial charge in [-0.15, -0.1) is 0 Å². The van der Waals surface area contributed by atoms with Crippen LogP contribution in [0.5, 0.6) is 0 Å². The molecule has 5 heteroatoms. The summed E-state index contributed by atoms with van der Waals surface area (Å²) in [5.41, 5.74) is 6.43. The minimum absolute atomic E-state index is 0.412. The number of likely N-dealkylation sites (tertiary alicyclic amines) is 1. The van der Waals surface area contributed by atoms with Gasteiger partial charge in [0.2, 0.25) is 0 Å². The molecule has 102 valence electrons. The van der Waals surface area contributed by atoms with Crippen LogP contribution < -0.4 is 10.6 Å². The standard InChI is InChI=1S/C14H20N4S/c15-14(19)11-3-4-13(16-9-11)18-8-5-12(10-18)17-6-1-2-7-17/h3-4,9,12H,1-2,5-8,10H2,(H2,15,19). The molecule has 0 bridgehead atoms. The first-order valence-electron chi connectivity index (χ1n) is 6.99. The van der Waals surface area contributed by atoms with Crippen molar-refractivity contribution in [3.63, 3.8) is 0 Å². The third-order valence-corrected chi connectivity index (χ3v) is 4.41. The molecule has 19 heavy (non-hydrogen) atoms. The smallest absolute Gasteiger partial charge is 0.128 e. The van der Waals surface area contributed by atoms with Crippen LogP contribution in [0.3, 0.4) is 0 Å². The van der Waals surface area contributed by atoms with E-state index in [4.69, 9.17) is 18.0 Å². The quantitative estimate of drug-likeness (QED) is 0.845. The number of rotatable bonds is 3. The van der Waals surface area contributed by atoms with E-state index in [2.05, 4.69) is 14.8 Å². The van der Waals surface area contributed by atoms with Crippen LogP contribution in [-0.2, 0) is 0 Å². The van der Waals surface area contributed by atoms with E-state index in [9.17, 15) is 0 Å². The van der Waals surface area contributed by atoms with Crippen molar-refractivity contribution in [2.45, 2.75) is 25.3 Å². The Labute approximate surface area is 119 Å². The van der Waals surface area contributed by atoms with E-state index in [0.717, 1.165) is 24.5 Å². The zero-order chi connectivity index (χ0) is 13.2.